The maximum absolute atomic E-state index is 13.4. The first-order valence-corrected chi connectivity index (χ1v) is 10.4. The molecular weight excluding hydrogens is 437 g/mol. The number of carbonyl (C=O) groups is 1. The third-order valence-corrected chi connectivity index (χ3v) is 5.50. The average molecular weight is 460 g/mol. The number of ether oxygens (including phenoxy) is 1. The van der Waals surface area contributed by atoms with Gasteiger partial charge in [-0.3, -0.25) is 4.79 Å². The predicted molar refractivity (Wildman–Crippen MR) is 117 cm³/mol. The van der Waals surface area contributed by atoms with Crippen LogP contribution in [0.2, 0.25) is 0 Å². The van der Waals surface area contributed by atoms with E-state index in [1.807, 2.05) is 25.1 Å². The third-order valence-electron chi connectivity index (χ3n) is 5.50. The number of nitrogen functional groups attached to an aromatic ring is 1. The Balaban J connectivity index is 1.76. The molecule has 1 fully saturated rings. The number of carbonyl (C=O) groups excluding carboxylic acids is 1. The predicted octanol–water partition coefficient (Wildman–Crippen LogP) is 3.58. The van der Waals surface area contributed by atoms with Crippen molar-refractivity contribution in [1.29, 1.82) is 0 Å². The molecule has 0 bridgehead atoms. The quantitative estimate of drug-likeness (QED) is 0.613. The van der Waals surface area contributed by atoms with Crippen LogP contribution in [0.25, 0.3) is 10.8 Å². The van der Waals surface area contributed by atoms with Gasteiger partial charge >= 0.3 is 6.18 Å². The van der Waals surface area contributed by atoms with Crippen LogP contribution in [0.5, 0.6) is 0 Å². The summed E-state index contributed by atoms with van der Waals surface area (Å²) in [5, 5.41) is 4.22. The van der Waals surface area contributed by atoms with Crippen LogP contribution in [0.15, 0.2) is 30.5 Å². The summed E-state index contributed by atoms with van der Waals surface area (Å²) in [5.74, 6) is -0.980. The van der Waals surface area contributed by atoms with Crippen LogP contribution in [0.1, 0.15) is 40.3 Å². The molecule has 0 saturated carbocycles. The minimum Gasteiger partial charge on any atom is -0.378 e. The number of hydrogen-bond acceptors (Lipinski definition) is 7. The molecule has 174 valence electrons. The number of nitrogens with zero attached hydrogens (tertiary/aromatic N) is 4. The van der Waals surface area contributed by atoms with Gasteiger partial charge in [0.2, 0.25) is 5.95 Å². The van der Waals surface area contributed by atoms with Crippen molar-refractivity contribution in [2.45, 2.75) is 26.1 Å². The lowest BCUT2D eigenvalue weighted by molar-refractivity contribution is -0.137. The summed E-state index contributed by atoms with van der Waals surface area (Å²) in [7, 11) is 0. The van der Waals surface area contributed by atoms with E-state index in [2.05, 4.69) is 20.3 Å². The fourth-order valence-electron chi connectivity index (χ4n) is 3.80. The first-order valence-electron chi connectivity index (χ1n) is 10.4. The van der Waals surface area contributed by atoms with Gasteiger partial charge in [-0.2, -0.15) is 18.2 Å². The van der Waals surface area contributed by atoms with Crippen molar-refractivity contribution in [3.05, 3.63) is 53.0 Å². The molecule has 1 saturated heterocycles. The average Bonchev–Trinajstić information content (AvgIpc) is 2.78. The number of aromatic nitrogens is 3. The molecule has 8 nitrogen and oxygen atoms in total. The number of hydrogen-bond donors (Lipinski definition) is 2. The maximum Gasteiger partial charge on any atom is 0.421 e. The Hall–Kier alpha value is -3.47. The lowest BCUT2D eigenvalue weighted by Crippen LogP contribution is -2.41. The number of anilines is 2. The van der Waals surface area contributed by atoms with E-state index in [1.54, 1.807) is 17.9 Å². The lowest BCUT2D eigenvalue weighted by atomic mass is 10.0. The summed E-state index contributed by atoms with van der Waals surface area (Å²) < 4.78 is 45.6. The smallest absolute Gasteiger partial charge is 0.378 e. The van der Waals surface area contributed by atoms with Crippen LogP contribution in [-0.2, 0) is 10.9 Å². The van der Waals surface area contributed by atoms with Crippen molar-refractivity contribution >= 4 is 28.4 Å². The SMILES string of the molecule is Cc1cccc2cc([C@H](C)Nc3nc(N)ncc3C(F)(F)F)nc(C(=O)N3CCOCC3)c12. The molecule has 1 aromatic carbocycles. The highest BCUT2D eigenvalue weighted by atomic mass is 19.4. The molecule has 1 atom stereocenters. The van der Waals surface area contributed by atoms with Gasteiger partial charge in [-0.1, -0.05) is 18.2 Å². The molecule has 4 rings (SSSR count). The maximum atomic E-state index is 13.4. The summed E-state index contributed by atoms with van der Waals surface area (Å²) in [5.41, 5.74) is 6.02. The number of morpholine rings is 1. The molecule has 1 aliphatic rings. The van der Waals surface area contributed by atoms with Crippen molar-refractivity contribution in [1.82, 2.24) is 19.9 Å². The Morgan fingerprint density at radius 2 is 1.97 bits per heavy atom. The molecule has 11 heteroatoms. The summed E-state index contributed by atoms with van der Waals surface area (Å²) in [6.07, 6.45) is -4.02. The summed E-state index contributed by atoms with van der Waals surface area (Å²) >= 11 is 0. The zero-order valence-corrected chi connectivity index (χ0v) is 18.1. The first kappa shape index (κ1) is 22.7. The van der Waals surface area contributed by atoms with Crippen LogP contribution >= 0.6 is 0 Å². The number of benzene rings is 1. The fraction of sp³-hybridized carbons (Fsp3) is 0.364. The molecule has 1 aliphatic heterocycles. The number of nitrogens with one attached hydrogen (secondary N) is 1. The molecule has 3 heterocycles. The zero-order chi connectivity index (χ0) is 23.8. The normalized spacial score (nSPS) is 15.5. The molecule has 2 aromatic heterocycles. The molecule has 3 N–H and O–H groups in total. The van der Waals surface area contributed by atoms with Gasteiger partial charge in [0.05, 0.1) is 24.9 Å². The molecule has 0 spiro atoms. The van der Waals surface area contributed by atoms with Crippen LogP contribution in [-0.4, -0.2) is 52.1 Å². The van der Waals surface area contributed by atoms with Gasteiger partial charge in [0, 0.05) is 24.7 Å². The monoisotopic (exact) mass is 460 g/mol. The minimum absolute atomic E-state index is 0.242. The van der Waals surface area contributed by atoms with E-state index < -0.39 is 23.6 Å². The van der Waals surface area contributed by atoms with Gasteiger partial charge in [0.15, 0.2) is 0 Å². The first-order chi connectivity index (χ1) is 15.6. The highest BCUT2D eigenvalue weighted by Crippen LogP contribution is 2.35. The summed E-state index contributed by atoms with van der Waals surface area (Å²) in [4.78, 5) is 26.8. The number of aryl methyl sites for hydroxylation is 1. The Morgan fingerprint density at radius 1 is 1.24 bits per heavy atom. The Labute approximate surface area is 188 Å². The lowest BCUT2D eigenvalue weighted by Gasteiger charge is -2.27. The number of pyridine rings is 1. The molecule has 0 aliphatic carbocycles. The van der Waals surface area contributed by atoms with Crippen LogP contribution in [0.4, 0.5) is 24.9 Å². The molecule has 0 radical (unpaired) electrons. The van der Waals surface area contributed by atoms with Gasteiger partial charge in [-0.25, -0.2) is 9.97 Å². The van der Waals surface area contributed by atoms with Crippen LogP contribution in [0.3, 0.4) is 0 Å². The van der Waals surface area contributed by atoms with Gasteiger partial charge in [-0.05, 0) is 30.9 Å². The summed E-state index contributed by atoms with van der Waals surface area (Å²) in [6.45, 7) is 5.31. The van der Waals surface area contributed by atoms with E-state index in [-0.39, 0.29) is 17.5 Å². The highest BCUT2D eigenvalue weighted by Gasteiger charge is 2.35. The fourth-order valence-corrected chi connectivity index (χ4v) is 3.80. The Bertz CT molecular complexity index is 1190. The third kappa shape index (κ3) is 4.68. The standard InChI is InChI=1S/C22H23F3N6O2/c1-12-4-3-5-14-10-16(29-18(17(12)14)20(32)31-6-8-33-9-7-31)13(2)28-19-15(22(23,24)25)11-27-21(26)30-19/h3-5,10-11,13H,6-9H2,1-2H3,(H3,26,27,28,30)/t13-/m0/s1. The van der Waals surface area contributed by atoms with E-state index >= 15 is 0 Å². The van der Waals surface area contributed by atoms with Gasteiger partial charge in [0.1, 0.15) is 17.1 Å². The number of alkyl halides is 3. The van der Waals surface area contributed by atoms with Crippen LogP contribution in [0, 0.1) is 6.92 Å². The van der Waals surface area contributed by atoms with Crippen molar-refractivity contribution in [3.63, 3.8) is 0 Å². The number of fused-ring (bicyclic) bond motifs is 1. The number of amides is 1. The highest BCUT2D eigenvalue weighted by molar-refractivity contribution is 6.06. The Morgan fingerprint density at radius 3 is 2.67 bits per heavy atom. The van der Waals surface area contributed by atoms with Crippen LogP contribution < -0.4 is 11.1 Å². The number of rotatable bonds is 4. The second-order valence-corrected chi connectivity index (χ2v) is 7.83. The zero-order valence-electron chi connectivity index (χ0n) is 18.1. The summed E-state index contributed by atoms with van der Waals surface area (Å²) in [6, 6.07) is 6.64. The molecule has 3 aromatic rings. The van der Waals surface area contributed by atoms with Crippen molar-refractivity contribution in [3.8, 4) is 0 Å². The van der Waals surface area contributed by atoms with Crippen molar-refractivity contribution in [2.24, 2.45) is 0 Å². The topological polar surface area (TPSA) is 106 Å². The second-order valence-electron chi connectivity index (χ2n) is 7.83. The van der Waals surface area contributed by atoms with Gasteiger partial charge in [-0.15, -0.1) is 0 Å². The van der Waals surface area contributed by atoms with Gasteiger partial charge in [0.25, 0.3) is 5.91 Å². The molecule has 1 amide bonds. The largest absolute Gasteiger partial charge is 0.421 e. The van der Waals surface area contributed by atoms with Crippen molar-refractivity contribution in [2.75, 3.05) is 37.4 Å². The molecule has 0 unspecified atom stereocenters. The second kappa shape index (κ2) is 8.81. The van der Waals surface area contributed by atoms with Crippen molar-refractivity contribution < 1.29 is 22.7 Å². The van der Waals surface area contributed by atoms with E-state index in [9.17, 15) is 18.0 Å². The number of halogens is 3. The Kier molecular flexibility index (Phi) is 6.07. The minimum atomic E-state index is -4.67. The van der Waals surface area contributed by atoms with E-state index in [0.717, 1.165) is 10.9 Å². The van der Waals surface area contributed by atoms with E-state index in [1.165, 1.54) is 0 Å². The molecular formula is C22H23F3N6O2. The van der Waals surface area contributed by atoms with Gasteiger partial charge < -0.3 is 20.7 Å². The van der Waals surface area contributed by atoms with E-state index in [0.29, 0.717) is 43.6 Å². The molecule has 33 heavy (non-hydrogen) atoms. The van der Waals surface area contributed by atoms with E-state index in [4.69, 9.17) is 10.5 Å². The number of nitrogens with two attached hydrogens (primary N) is 1.